The van der Waals surface area contributed by atoms with Gasteiger partial charge in [0.2, 0.25) is 5.91 Å². The standard InChI is InChI=1S/C36H34F4N2O4S/c1-22-7-14-27(15-8-22)47-41(20-29-30(37)18-31(38)35(40)34(29)39)21-33(44)42(26-13-16-28(36(45)46)32(43)17-26)19-23-9-11-25(12-10-23)24-5-3-2-4-6-24/h7-18,24,43H,2-6,19-21H2,1H3,(H,45,46). The Kier molecular flexibility index (Phi) is 10.9. The van der Waals surface area contributed by atoms with Crippen LogP contribution in [-0.4, -0.2) is 32.9 Å². The largest absolute Gasteiger partial charge is 0.507 e. The number of aromatic carboxylic acids is 1. The van der Waals surface area contributed by atoms with Gasteiger partial charge in [-0.05, 0) is 73.0 Å². The fraction of sp³-hybridized carbons (Fsp3) is 0.278. The van der Waals surface area contributed by atoms with Crippen molar-refractivity contribution in [1.82, 2.24) is 4.31 Å². The van der Waals surface area contributed by atoms with Gasteiger partial charge < -0.3 is 15.1 Å². The zero-order valence-electron chi connectivity index (χ0n) is 25.7. The second-order valence-electron chi connectivity index (χ2n) is 11.7. The van der Waals surface area contributed by atoms with Gasteiger partial charge in [0.05, 0.1) is 13.1 Å². The molecule has 2 N–H and O–H groups in total. The number of hydrogen-bond donors (Lipinski definition) is 2. The number of carboxylic acid groups (broad SMARTS) is 1. The van der Waals surface area contributed by atoms with Crippen LogP contribution in [0.25, 0.3) is 0 Å². The molecule has 1 aliphatic rings. The molecule has 0 atom stereocenters. The molecule has 4 aromatic carbocycles. The number of halogens is 4. The second kappa shape index (κ2) is 15.0. The van der Waals surface area contributed by atoms with Crippen LogP contribution in [0.15, 0.2) is 77.7 Å². The van der Waals surface area contributed by atoms with E-state index in [1.807, 2.05) is 43.3 Å². The highest BCUT2D eigenvalue weighted by Gasteiger charge is 2.26. The first-order valence-corrected chi connectivity index (χ1v) is 16.0. The molecule has 5 rings (SSSR count). The predicted octanol–water partition coefficient (Wildman–Crippen LogP) is 8.75. The van der Waals surface area contributed by atoms with E-state index in [1.165, 1.54) is 52.2 Å². The number of amides is 1. The van der Waals surface area contributed by atoms with E-state index in [-0.39, 0.29) is 23.9 Å². The Labute approximate surface area is 274 Å². The third-order valence-corrected chi connectivity index (χ3v) is 9.33. The number of carbonyl (C=O) groups is 2. The molecule has 4 aromatic rings. The summed E-state index contributed by atoms with van der Waals surface area (Å²) in [6.07, 6.45) is 5.83. The van der Waals surface area contributed by atoms with Gasteiger partial charge in [-0.15, -0.1) is 0 Å². The average molecular weight is 667 g/mol. The van der Waals surface area contributed by atoms with E-state index in [1.54, 1.807) is 12.1 Å². The average Bonchev–Trinajstić information content (AvgIpc) is 3.06. The smallest absolute Gasteiger partial charge is 0.339 e. The molecule has 1 amide bonds. The van der Waals surface area contributed by atoms with Crippen molar-refractivity contribution in [3.63, 3.8) is 0 Å². The monoisotopic (exact) mass is 666 g/mol. The van der Waals surface area contributed by atoms with Gasteiger partial charge in [-0.2, -0.15) is 0 Å². The fourth-order valence-electron chi connectivity index (χ4n) is 5.74. The minimum absolute atomic E-state index is 0.0343. The van der Waals surface area contributed by atoms with Crippen molar-refractivity contribution in [3.05, 3.63) is 124 Å². The van der Waals surface area contributed by atoms with Gasteiger partial charge in [0.1, 0.15) is 17.1 Å². The van der Waals surface area contributed by atoms with Gasteiger partial charge in [-0.1, -0.05) is 61.2 Å². The van der Waals surface area contributed by atoms with Crippen LogP contribution in [0.5, 0.6) is 5.75 Å². The molecule has 1 aliphatic carbocycles. The summed E-state index contributed by atoms with van der Waals surface area (Å²) in [5.74, 6) is -8.45. The second-order valence-corrected chi connectivity index (χ2v) is 12.9. The first kappa shape index (κ1) is 34.0. The van der Waals surface area contributed by atoms with Crippen LogP contribution < -0.4 is 4.90 Å². The van der Waals surface area contributed by atoms with Crippen LogP contribution in [0.4, 0.5) is 23.2 Å². The first-order valence-electron chi connectivity index (χ1n) is 15.3. The molecule has 0 aromatic heterocycles. The maximum atomic E-state index is 14.8. The molecule has 0 aliphatic heterocycles. The van der Waals surface area contributed by atoms with Gasteiger partial charge in [0, 0.05) is 34.8 Å². The Morgan fingerprint density at radius 1 is 0.830 bits per heavy atom. The van der Waals surface area contributed by atoms with E-state index >= 15 is 0 Å². The summed E-state index contributed by atoms with van der Waals surface area (Å²) in [6.45, 7) is 0.878. The Morgan fingerprint density at radius 2 is 1.51 bits per heavy atom. The van der Waals surface area contributed by atoms with Crippen molar-refractivity contribution in [2.24, 2.45) is 0 Å². The van der Waals surface area contributed by atoms with Gasteiger partial charge >= 0.3 is 5.97 Å². The normalized spacial score (nSPS) is 13.6. The topological polar surface area (TPSA) is 81.1 Å². The highest BCUT2D eigenvalue weighted by Crippen LogP contribution is 2.34. The van der Waals surface area contributed by atoms with Crippen molar-refractivity contribution >= 4 is 29.5 Å². The number of nitrogens with zero attached hydrogens (tertiary/aromatic N) is 2. The summed E-state index contributed by atoms with van der Waals surface area (Å²) in [6, 6.07) is 19.1. The molecule has 246 valence electrons. The van der Waals surface area contributed by atoms with Crippen LogP contribution >= 0.6 is 11.9 Å². The zero-order chi connectivity index (χ0) is 33.7. The van der Waals surface area contributed by atoms with E-state index in [9.17, 15) is 37.4 Å². The van der Waals surface area contributed by atoms with Crippen molar-refractivity contribution in [2.75, 3.05) is 11.4 Å². The lowest BCUT2D eigenvalue weighted by Gasteiger charge is -2.28. The number of hydrogen-bond acceptors (Lipinski definition) is 5. The molecule has 0 spiro atoms. The Hall–Kier alpha value is -4.35. The molecule has 47 heavy (non-hydrogen) atoms. The molecule has 1 fully saturated rings. The van der Waals surface area contributed by atoms with Crippen LogP contribution in [0.3, 0.4) is 0 Å². The van der Waals surface area contributed by atoms with Gasteiger partial charge in [-0.25, -0.2) is 26.7 Å². The first-order chi connectivity index (χ1) is 22.5. The molecule has 0 heterocycles. The summed E-state index contributed by atoms with van der Waals surface area (Å²) < 4.78 is 58.7. The third kappa shape index (κ3) is 8.33. The van der Waals surface area contributed by atoms with E-state index in [4.69, 9.17) is 0 Å². The summed E-state index contributed by atoms with van der Waals surface area (Å²) in [5.41, 5.74) is 2.03. The molecular weight excluding hydrogens is 632 g/mol. The molecule has 0 saturated heterocycles. The maximum Gasteiger partial charge on any atom is 0.339 e. The number of aromatic hydroxyl groups is 1. The van der Waals surface area contributed by atoms with Crippen molar-refractivity contribution in [2.45, 2.75) is 62.9 Å². The number of anilines is 1. The van der Waals surface area contributed by atoms with Crippen LogP contribution in [-0.2, 0) is 17.9 Å². The minimum atomic E-state index is -1.82. The lowest BCUT2D eigenvalue weighted by Crippen LogP contribution is -2.38. The third-order valence-electron chi connectivity index (χ3n) is 8.33. The molecule has 0 radical (unpaired) electrons. The van der Waals surface area contributed by atoms with Crippen molar-refractivity contribution < 1.29 is 37.4 Å². The number of phenols is 1. The van der Waals surface area contributed by atoms with E-state index in [0.717, 1.165) is 35.9 Å². The maximum absolute atomic E-state index is 14.8. The van der Waals surface area contributed by atoms with Gasteiger partial charge in [0.15, 0.2) is 17.5 Å². The fourth-order valence-corrected chi connectivity index (χ4v) is 6.66. The summed E-state index contributed by atoms with van der Waals surface area (Å²) in [4.78, 5) is 27.6. The Morgan fingerprint density at radius 3 is 2.15 bits per heavy atom. The Bertz CT molecular complexity index is 1750. The summed E-state index contributed by atoms with van der Waals surface area (Å²) in [5, 5.41) is 19.9. The molecule has 1 saturated carbocycles. The van der Waals surface area contributed by atoms with E-state index in [0.29, 0.717) is 10.8 Å². The highest BCUT2D eigenvalue weighted by molar-refractivity contribution is 7.97. The Balaban J connectivity index is 1.47. The van der Waals surface area contributed by atoms with Gasteiger partial charge in [-0.3, -0.25) is 4.79 Å². The molecule has 0 unspecified atom stereocenters. The predicted molar refractivity (Wildman–Crippen MR) is 172 cm³/mol. The van der Waals surface area contributed by atoms with E-state index < -0.39 is 59.5 Å². The number of benzene rings is 4. The molecular formula is C36H34F4N2O4S. The quantitative estimate of drug-likeness (QED) is 0.0721. The lowest BCUT2D eigenvalue weighted by atomic mass is 9.84. The number of carbonyl (C=O) groups excluding carboxylic acids is 1. The van der Waals surface area contributed by atoms with Crippen LogP contribution in [0, 0.1) is 30.2 Å². The van der Waals surface area contributed by atoms with Crippen molar-refractivity contribution in [1.29, 1.82) is 0 Å². The SMILES string of the molecule is Cc1ccc(SN(CC(=O)N(Cc2ccc(C3CCCCC3)cc2)c2ccc(C(=O)O)c(O)c2)Cc2c(F)cc(F)c(F)c2F)cc1. The summed E-state index contributed by atoms with van der Waals surface area (Å²) in [7, 11) is 0. The molecule has 11 heteroatoms. The number of rotatable bonds is 11. The number of aryl methyl sites for hydroxylation is 1. The van der Waals surface area contributed by atoms with Crippen LogP contribution in [0.2, 0.25) is 0 Å². The van der Waals surface area contributed by atoms with Crippen LogP contribution in [0.1, 0.15) is 70.6 Å². The summed E-state index contributed by atoms with van der Waals surface area (Å²) >= 11 is 1.00. The number of carboxylic acids is 1. The molecule has 6 nitrogen and oxygen atoms in total. The lowest BCUT2D eigenvalue weighted by molar-refractivity contribution is -0.118. The zero-order valence-corrected chi connectivity index (χ0v) is 26.5. The highest BCUT2D eigenvalue weighted by atomic mass is 32.2. The molecule has 0 bridgehead atoms. The minimum Gasteiger partial charge on any atom is -0.507 e. The van der Waals surface area contributed by atoms with Crippen molar-refractivity contribution in [3.8, 4) is 5.75 Å². The van der Waals surface area contributed by atoms with Gasteiger partial charge in [0.25, 0.3) is 0 Å². The van der Waals surface area contributed by atoms with E-state index in [2.05, 4.69) is 0 Å².